The van der Waals surface area contributed by atoms with Gasteiger partial charge in [0.2, 0.25) is 0 Å². The summed E-state index contributed by atoms with van der Waals surface area (Å²) in [5, 5.41) is 18.9. The van der Waals surface area contributed by atoms with Crippen LogP contribution in [0.4, 0.5) is 0 Å². The molecule has 1 heterocycles. The normalized spacial score (nSPS) is 30.7. The molecule has 1 aliphatic rings. The first-order valence-electron chi connectivity index (χ1n) is 5.11. The second-order valence-electron chi connectivity index (χ2n) is 4.20. The lowest BCUT2D eigenvalue weighted by molar-refractivity contribution is -0.145. The number of carboxylic acid groups (broad SMARTS) is 1. The fourth-order valence-electron chi connectivity index (χ4n) is 2.38. The van der Waals surface area contributed by atoms with Gasteiger partial charge in [0.15, 0.2) is 0 Å². The number of aromatic nitrogens is 2. The second kappa shape index (κ2) is 3.56. The maximum absolute atomic E-state index is 11.5. The first-order valence-corrected chi connectivity index (χ1v) is 5.93. The van der Waals surface area contributed by atoms with E-state index in [4.69, 9.17) is 0 Å². The minimum atomic E-state index is -0.772. The minimum absolute atomic E-state index is 0.155. The van der Waals surface area contributed by atoms with Gasteiger partial charge in [0.25, 0.3) is 0 Å². The fraction of sp³-hybridized carbons (Fsp3) is 0.700. The van der Waals surface area contributed by atoms with E-state index in [9.17, 15) is 9.90 Å². The van der Waals surface area contributed by atoms with Crippen molar-refractivity contribution in [3.63, 3.8) is 0 Å². The molecule has 0 bridgehead atoms. The molecule has 5 heteroatoms. The summed E-state index contributed by atoms with van der Waals surface area (Å²) in [5.74, 6) is -0.592. The van der Waals surface area contributed by atoms with Crippen LogP contribution in [-0.4, -0.2) is 21.3 Å². The molecule has 2 rings (SSSR count). The van der Waals surface area contributed by atoms with Crippen LogP contribution in [-0.2, 0) is 10.2 Å². The third-order valence-corrected chi connectivity index (χ3v) is 4.36. The number of nitrogens with zero attached hydrogens (tertiary/aromatic N) is 2. The van der Waals surface area contributed by atoms with Gasteiger partial charge in [0.1, 0.15) is 15.4 Å². The highest BCUT2D eigenvalue weighted by atomic mass is 32.1. The lowest BCUT2D eigenvalue weighted by atomic mass is 9.79. The molecule has 0 aromatic carbocycles. The van der Waals surface area contributed by atoms with Gasteiger partial charge in [-0.25, -0.2) is 0 Å². The number of hydrogen-bond acceptors (Lipinski definition) is 4. The highest BCUT2D eigenvalue weighted by molar-refractivity contribution is 7.11. The Morgan fingerprint density at radius 2 is 2.33 bits per heavy atom. The van der Waals surface area contributed by atoms with Crippen LogP contribution in [0.2, 0.25) is 0 Å². The van der Waals surface area contributed by atoms with Crippen LogP contribution in [0.15, 0.2) is 0 Å². The Bertz CT molecular complexity index is 391. The second-order valence-corrected chi connectivity index (χ2v) is 5.38. The van der Waals surface area contributed by atoms with Crippen LogP contribution >= 0.6 is 11.3 Å². The van der Waals surface area contributed by atoms with Crippen LogP contribution in [0.25, 0.3) is 0 Å². The standard InChI is InChI=1S/C10H14N2O2S/c1-6-4-3-5-10(6,9(13)14)8-12-11-7(2)15-8/h6H,3-5H2,1-2H3,(H,13,14). The molecular weight excluding hydrogens is 212 g/mol. The molecule has 4 nitrogen and oxygen atoms in total. The smallest absolute Gasteiger partial charge is 0.316 e. The minimum Gasteiger partial charge on any atom is -0.481 e. The summed E-state index contributed by atoms with van der Waals surface area (Å²) in [6, 6.07) is 0. The summed E-state index contributed by atoms with van der Waals surface area (Å²) >= 11 is 1.41. The maximum atomic E-state index is 11.5. The Hall–Kier alpha value is -0.970. The highest BCUT2D eigenvalue weighted by Crippen LogP contribution is 2.46. The molecule has 15 heavy (non-hydrogen) atoms. The predicted molar refractivity (Wildman–Crippen MR) is 57.0 cm³/mol. The summed E-state index contributed by atoms with van der Waals surface area (Å²) < 4.78 is 0. The molecule has 82 valence electrons. The Balaban J connectivity index is 2.47. The summed E-state index contributed by atoms with van der Waals surface area (Å²) in [6.45, 7) is 3.86. The van der Waals surface area contributed by atoms with Crippen molar-refractivity contribution >= 4 is 17.3 Å². The molecule has 2 atom stereocenters. The number of carbonyl (C=O) groups is 1. The first kappa shape index (κ1) is 10.5. The zero-order chi connectivity index (χ0) is 11.1. The van der Waals surface area contributed by atoms with E-state index in [1.807, 2.05) is 13.8 Å². The van der Waals surface area contributed by atoms with Gasteiger partial charge in [-0.15, -0.1) is 21.5 Å². The number of hydrogen-bond donors (Lipinski definition) is 1. The number of rotatable bonds is 2. The van der Waals surface area contributed by atoms with E-state index < -0.39 is 11.4 Å². The molecule has 1 fully saturated rings. The van der Waals surface area contributed by atoms with Gasteiger partial charge in [-0.2, -0.15) is 0 Å². The maximum Gasteiger partial charge on any atom is 0.316 e. The summed E-state index contributed by atoms with van der Waals surface area (Å²) in [7, 11) is 0. The van der Waals surface area contributed by atoms with E-state index in [0.717, 1.165) is 17.8 Å². The Labute approximate surface area is 92.3 Å². The zero-order valence-corrected chi connectivity index (χ0v) is 9.67. The molecule has 0 amide bonds. The number of aliphatic carboxylic acids is 1. The van der Waals surface area contributed by atoms with Gasteiger partial charge in [-0.3, -0.25) is 4.79 Å². The summed E-state index contributed by atoms with van der Waals surface area (Å²) in [4.78, 5) is 11.5. The molecule has 2 unspecified atom stereocenters. The van der Waals surface area contributed by atoms with E-state index in [1.54, 1.807) is 0 Å². The van der Waals surface area contributed by atoms with E-state index in [2.05, 4.69) is 10.2 Å². The van der Waals surface area contributed by atoms with E-state index in [0.29, 0.717) is 11.4 Å². The predicted octanol–water partition coefficient (Wildman–Crippen LogP) is 1.99. The molecular formula is C10H14N2O2S. The summed E-state index contributed by atoms with van der Waals surface area (Å²) in [6.07, 6.45) is 2.62. The topological polar surface area (TPSA) is 63.1 Å². The first-order chi connectivity index (χ1) is 7.07. The van der Waals surface area contributed by atoms with Crippen LogP contribution in [0.1, 0.15) is 36.2 Å². The highest BCUT2D eigenvalue weighted by Gasteiger charge is 2.51. The van der Waals surface area contributed by atoms with Crippen molar-refractivity contribution in [2.75, 3.05) is 0 Å². The van der Waals surface area contributed by atoms with Gasteiger partial charge in [0, 0.05) is 0 Å². The molecule has 1 aromatic heterocycles. The molecule has 1 aliphatic carbocycles. The van der Waals surface area contributed by atoms with Crippen molar-refractivity contribution in [3.05, 3.63) is 10.0 Å². The van der Waals surface area contributed by atoms with Gasteiger partial charge >= 0.3 is 5.97 Å². The quantitative estimate of drug-likeness (QED) is 0.837. The van der Waals surface area contributed by atoms with Gasteiger partial charge in [-0.1, -0.05) is 13.3 Å². The van der Waals surface area contributed by atoms with Crippen molar-refractivity contribution in [1.82, 2.24) is 10.2 Å². The molecule has 1 N–H and O–H groups in total. The van der Waals surface area contributed by atoms with Crippen LogP contribution in [0.3, 0.4) is 0 Å². The van der Waals surface area contributed by atoms with Crippen molar-refractivity contribution in [2.24, 2.45) is 5.92 Å². The third-order valence-electron chi connectivity index (χ3n) is 3.34. The Morgan fingerprint density at radius 3 is 2.73 bits per heavy atom. The average molecular weight is 226 g/mol. The van der Waals surface area contributed by atoms with Crippen molar-refractivity contribution in [1.29, 1.82) is 0 Å². The lowest BCUT2D eigenvalue weighted by Crippen LogP contribution is -2.38. The van der Waals surface area contributed by atoms with Crippen molar-refractivity contribution in [3.8, 4) is 0 Å². The number of aryl methyl sites for hydroxylation is 1. The molecule has 1 saturated carbocycles. The van der Waals surface area contributed by atoms with Crippen LogP contribution in [0, 0.1) is 12.8 Å². The monoisotopic (exact) mass is 226 g/mol. The third kappa shape index (κ3) is 1.45. The molecule has 0 saturated heterocycles. The van der Waals surface area contributed by atoms with Crippen LogP contribution < -0.4 is 0 Å². The fourth-order valence-corrected chi connectivity index (χ4v) is 3.40. The van der Waals surface area contributed by atoms with E-state index in [-0.39, 0.29) is 5.92 Å². The summed E-state index contributed by atoms with van der Waals surface area (Å²) in [5.41, 5.74) is -0.772. The van der Waals surface area contributed by atoms with E-state index >= 15 is 0 Å². The molecule has 1 aromatic rings. The molecule has 0 radical (unpaired) electrons. The molecule has 0 aliphatic heterocycles. The van der Waals surface area contributed by atoms with Gasteiger partial charge in [-0.05, 0) is 25.7 Å². The SMILES string of the molecule is Cc1nnc(C2(C(=O)O)CCCC2C)s1. The Kier molecular flexibility index (Phi) is 2.50. The average Bonchev–Trinajstić information content (AvgIpc) is 2.72. The van der Waals surface area contributed by atoms with Gasteiger partial charge in [0.05, 0.1) is 0 Å². The number of carboxylic acids is 1. The lowest BCUT2D eigenvalue weighted by Gasteiger charge is -2.25. The van der Waals surface area contributed by atoms with Gasteiger partial charge < -0.3 is 5.11 Å². The molecule has 0 spiro atoms. The largest absolute Gasteiger partial charge is 0.481 e. The van der Waals surface area contributed by atoms with Crippen molar-refractivity contribution in [2.45, 2.75) is 38.5 Å². The Morgan fingerprint density at radius 1 is 1.60 bits per heavy atom. The van der Waals surface area contributed by atoms with Crippen molar-refractivity contribution < 1.29 is 9.90 Å². The van der Waals surface area contributed by atoms with Crippen LogP contribution in [0.5, 0.6) is 0 Å². The van der Waals surface area contributed by atoms with E-state index in [1.165, 1.54) is 11.3 Å². The zero-order valence-electron chi connectivity index (χ0n) is 8.86.